The Kier molecular flexibility index (Phi) is 8.94. The number of likely N-dealkylation sites (tertiary alicyclic amines) is 1. The molecule has 3 N–H and O–H groups in total. The highest BCUT2D eigenvalue weighted by Gasteiger charge is 2.42. The van der Waals surface area contributed by atoms with Gasteiger partial charge < -0.3 is 20.1 Å². The number of aliphatic carboxylic acids is 1. The normalized spacial score (nSPS) is 19.2. The number of hydrogen-bond donors (Lipinski definition) is 3. The molecule has 2 aliphatic heterocycles. The Morgan fingerprint density at radius 2 is 1.74 bits per heavy atom. The highest BCUT2D eigenvalue weighted by Crippen LogP contribution is 2.32. The van der Waals surface area contributed by atoms with Crippen LogP contribution in [0, 0.1) is 5.92 Å². The first-order chi connectivity index (χ1) is 18.0. The first-order valence-corrected chi connectivity index (χ1v) is 14.3. The maximum Gasteiger partial charge on any atom is 0.415 e. The van der Waals surface area contributed by atoms with E-state index in [1.54, 1.807) is 4.90 Å². The van der Waals surface area contributed by atoms with Crippen molar-refractivity contribution in [3.05, 3.63) is 58.1 Å². The highest BCUT2D eigenvalue weighted by atomic mass is 35.5. The number of hydrogen-bond acceptors (Lipinski definition) is 7. The van der Waals surface area contributed by atoms with Crippen molar-refractivity contribution in [3.63, 3.8) is 0 Å². The third kappa shape index (κ3) is 6.65. The Balaban J connectivity index is 1.72. The Labute approximate surface area is 230 Å². The summed E-state index contributed by atoms with van der Waals surface area (Å²) in [5.41, 5.74) is 0.132. The van der Waals surface area contributed by atoms with Crippen LogP contribution < -0.4 is 14.8 Å². The number of Topliss-reactive ketones (excluding diaryl/α,β-unsaturated/α-hetero) is 1. The molecule has 2 aliphatic rings. The Morgan fingerprint density at radius 3 is 2.34 bits per heavy atom. The summed E-state index contributed by atoms with van der Waals surface area (Å²) in [6.45, 7) is 1.67. The number of carboxylic acids is 1. The molecule has 2 aromatic rings. The molecule has 204 valence electrons. The summed E-state index contributed by atoms with van der Waals surface area (Å²) >= 11 is 12.0. The van der Waals surface area contributed by atoms with Crippen molar-refractivity contribution >= 4 is 51.1 Å². The van der Waals surface area contributed by atoms with Crippen molar-refractivity contribution in [2.75, 3.05) is 19.6 Å². The number of carboxylic acid groups (broad SMARTS) is 1. The third-order valence-corrected chi connectivity index (χ3v) is 8.38. The second-order valence-electron chi connectivity index (χ2n) is 9.21. The maximum atomic E-state index is 13.4. The molecule has 0 aromatic heterocycles. The standard InChI is InChI=1S/C25H27Cl2N3O7S/c26-16-12-17(27)14-19(13-16)38(35,36)29-22(21(24(32)33)23(31)20-7-4-8-28-20)15-5-3-6-18(11-15)37-25(34)30-9-1-2-10-30/h3,5-6,11-14,20-22,28-29H,1-2,4,7-10H2,(H,32,33)/t20?,21-,22-/m0/s1. The van der Waals surface area contributed by atoms with Gasteiger partial charge in [-0.1, -0.05) is 35.3 Å². The average Bonchev–Trinajstić information content (AvgIpc) is 3.57. The zero-order chi connectivity index (χ0) is 27.4. The molecule has 13 heteroatoms. The van der Waals surface area contributed by atoms with Crippen LogP contribution in [-0.2, 0) is 19.6 Å². The van der Waals surface area contributed by atoms with Gasteiger partial charge in [0, 0.05) is 23.1 Å². The smallest absolute Gasteiger partial charge is 0.415 e. The van der Waals surface area contributed by atoms with E-state index in [0.717, 1.165) is 25.0 Å². The summed E-state index contributed by atoms with van der Waals surface area (Å²) in [7, 11) is -4.41. The molecule has 1 unspecified atom stereocenters. The lowest BCUT2D eigenvalue weighted by atomic mass is 9.86. The SMILES string of the molecule is O=C(O)[C@H](C(=O)C1CCCN1)[C@@H](NS(=O)(=O)c1cc(Cl)cc(Cl)c1)c1cccc(OC(=O)N2CCCC2)c1. The number of ether oxygens (including phenoxy) is 1. The summed E-state index contributed by atoms with van der Waals surface area (Å²) < 4.78 is 34.6. The lowest BCUT2D eigenvalue weighted by Crippen LogP contribution is -2.46. The van der Waals surface area contributed by atoms with Gasteiger partial charge in [-0.05, 0) is 68.1 Å². The zero-order valence-electron chi connectivity index (χ0n) is 20.2. The zero-order valence-corrected chi connectivity index (χ0v) is 22.6. The number of sulfonamides is 1. The van der Waals surface area contributed by atoms with E-state index in [1.165, 1.54) is 30.3 Å². The van der Waals surface area contributed by atoms with Gasteiger partial charge in [0.05, 0.1) is 17.0 Å². The van der Waals surface area contributed by atoms with Crippen LogP contribution >= 0.6 is 23.2 Å². The Hall–Kier alpha value is -2.70. The van der Waals surface area contributed by atoms with Crippen LogP contribution in [0.2, 0.25) is 10.0 Å². The molecule has 2 heterocycles. The summed E-state index contributed by atoms with van der Waals surface area (Å²) in [5, 5.41) is 13.2. The van der Waals surface area contributed by atoms with Crippen LogP contribution in [0.4, 0.5) is 4.79 Å². The summed E-state index contributed by atoms with van der Waals surface area (Å²) in [6.07, 6.45) is 2.28. The number of nitrogens with one attached hydrogen (secondary N) is 2. The maximum absolute atomic E-state index is 13.4. The molecule has 0 bridgehead atoms. The molecule has 1 amide bonds. The largest absolute Gasteiger partial charge is 0.481 e. The summed E-state index contributed by atoms with van der Waals surface area (Å²) in [6, 6.07) is 7.23. The van der Waals surface area contributed by atoms with Gasteiger partial charge in [-0.25, -0.2) is 17.9 Å². The van der Waals surface area contributed by atoms with E-state index in [-0.39, 0.29) is 26.3 Å². The number of carbonyl (C=O) groups excluding carboxylic acids is 2. The minimum absolute atomic E-state index is 0.0614. The predicted molar refractivity (Wildman–Crippen MR) is 140 cm³/mol. The van der Waals surface area contributed by atoms with E-state index in [9.17, 15) is 27.9 Å². The van der Waals surface area contributed by atoms with Crippen LogP contribution in [-0.4, -0.2) is 61.9 Å². The van der Waals surface area contributed by atoms with Gasteiger partial charge in [0.15, 0.2) is 5.78 Å². The van der Waals surface area contributed by atoms with Gasteiger partial charge in [0.1, 0.15) is 11.7 Å². The van der Waals surface area contributed by atoms with Gasteiger partial charge in [0.25, 0.3) is 0 Å². The molecule has 0 aliphatic carbocycles. The van der Waals surface area contributed by atoms with Gasteiger partial charge in [-0.2, -0.15) is 0 Å². The highest BCUT2D eigenvalue weighted by molar-refractivity contribution is 7.89. The molecule has 2 saturated heterocycles. The Morgan fingerprint density at radius 1 is 1.05 bits per heavy atom. The molecule has 38 heavy (non-hydrogen) atoms. The molecule has 0 spiro atoms. The van der Waals surface area contributed by atoms with Gasteiger partial charge >= 0.3 is 12.1 Å². The second kappa shape index (κ2) is 12.0. The number of nitrogens with zero attached hydrogens (tertiary/aromatic N) is 1. The first kappa shape index (κ1) is 28.3. The van der Waals surface area contributed by atoms with Crippen LogP contribution in [0.1, 0.15) is 37.3 Å². The van der Waals surface area contributed by atoms with Crippen molar-refractivity contribution in [2.24, 2.45) is 5.92 Å². The quantitative estimate of drug-likeness (QED) is 0.380. The van der Waals surface area contributed by atoms with Crippen LogP contribution in [0.15, 0.2) is 47.4 Å². The number of rotatable bonds is 9. The van der Waals surface area contributed by atoms with Crippen molar-refractivity contribution < 1.29 is 32.6 Å². The fraction of sp³-hybridized carbons (Fsp3) is 0.400. The Bertz CT molecular complexity index is 1310. The lowest BCUT2D eigenvalue weighted by Gasteiger charge is -2.27. The second-order valence-corrected chi connectivity index (χ2v) is 11.8. The van der Waals surface area contributed by atoms with Crippen molar-refractivity contribution in [1.29, 1.82) is 0 Å². The molecule has 3 atom stereocenters. The number of carbonyl (C=O) groups is 3. The van der Waals surface area contributed by atoms with E-state index < -0.39 is 45.9 Å². The van der Waals surface area contributed by atoms with E-state index in [1.807, 2.05) is 0 Å². The van der Waals surface area contributed by atoms with Gasteiger partial charge in [0.2, 0.25) is 10.0 Å². The lowest BCUT2D eigenvalue weighted by molar-refractivity contribution is -0.148. The van der Waals surface area contributed by atoms with E-state index in [0.29, 0.717) is 32.5 Å². The number of benzene rings is 2. The number of ketones is 1. The third-order valence-electron chi connectivity index (χ3n) is 6.52. The molecule has 2 aromatic carbocycles. The molecule has 4 rings (SSSR count). The van der Waals surface area contributed by atoms with Crippen molar-refractivity contribution in [2.45, 2.75) is 42.7 Å². The number of amides is 1. The fourth-order valence-corrected chi connectivity index (χ4v) is 6.62. The van der Waals surface area contributed by atoms with Gasteiger partial charge in [-0.3, -0.25) is 9.59 Å². The van der Waals surface area contributed by atoms with Crippen molar-refractivity contribution in [1.82, 2.24) is 14.9 Å². The van der Waals surface area contributed by atoms with Crippen LogP contribution in [0.25, 0.3) is 0 Å². The molecule has 0 saturated carbocycles. The molecular formula is C25H27Cl2N3O7S. The fourth-order valence-electron chi connectivity index (χ4n) is 4.66. The molecule has 10 nitrogen and oxygen atoms in total. The monoisotopic (exact) mass is 583 g/mol. The van der Waals surface area contributed by atoms with Crippen LogP contribution in [0.5, 0.6) is 5.75 Å². The molecular weight excluding hydrogens is 557 g/mol. The molecule has 0 radical (unpaired) electrons. The summed E-state index contributed by atoms with van der Waals surface area (Å²) in [5.74, 6) is -3.85. The number of halogens is 2. The van der Waals surface area contributed by atoms with E-state index in [2.05, 4.69) is 10.0 Å². The van der Waals surface area contributed by atoms with E-state index in [4.69, 9.17) is 27.9 Å². The summed E-state index contributed by atoms with van der Waals surface area (Å²) in [4.78, 5) is 39.6. The van der Waals surface area contributed by atoms with E-state index >= 15 is 0 Å². The predicted octanol–water partition coefficient (Wildman–Crippen LogP) is 3.63. The van der Waals surface area contributed by atoms with Crippen molar-refractivity contribution in [3.8, 4) is 5.75 Å². The minimum Gasteiger partial charge on any atom is -0.481 e. The minimum atomic E-state index is -4.41. The average molecular weight is 584 g/mol. The molecule has 2 fully saturated rings. The van der Waals surface area contributed by atoms with Gasteiger partial charge in [-0.15, -0.1) is 0 Å². The topological polar surface area (TPSA) is 142 Å². The van der Waals surface area contributed by atoms with Crippen LogP contribution in [0.3, 0.4) is 0 Å². The first-order valence-electron chi connectivity index (χ1n) is 12.1.